The van der Waals surface area contributed by atoms with Crippen molar-refractivity contribution in [2.75, 3.05) is 0 Å². The molecule has 1 saturated carbocycles. The van der Waals surface area contributed by atoms with Crippen LogP contribution >= 0.6 is 0 Å². The molecule has 0 aromatic carbocycles. The molecule has 2 atom stereocenters. The average Bonchev–Trinajstić information content (AvgIpc) is 2.38. The van der Waals surface area contributed by atoms with Crippen molar-refractivity contribution in [3.05, 3.63) is 12.2 Å². The second-order valence-electron chi connectivity index (χ2n) is 3.47. The molecule has 0 heterocycles. The highest BCUT2D eigenvalue weighted by Gasteiger charge is 2.50. The third-order valence-corrected chi connectivity index (χ3v) is 2.51. The highest BCUT2D eigenvalue weighted by molar-refractivity contribution is 5.91. The van der Waals surface area contributed by atoms with Crippen molar-refractivity contribution in [1.82, 2.24) is 0 Å². The van der Waals surface area contributed by atoms with E-state index in [1.165, 1.54) is 6.42 Å². The van der Waals surface area contributed by atoms with Gasteiger partial charge in [0.15, 0.2) is 5.78 Å². The molecule has 0 unspecified atom stereocenters. The zero-order valence-electron chi connectivity index (χ0n) is 5.55. The van der Waals surface area contributed by atoms with Crippen LogP contribution in [0.1, 0.15) is 19.8 Å². The van der Waals surface area contributed by atoms with Crippen LogP contribution in [0.5, 0.6) is 0 Å². The molecular formula is C8H10O. The fourth-order valence-electron chi connectivity index (χ4n) is 1.63. The van der Waals surface area contributed by atoms with Crippen LogP contribution in [0.2, 0.25) is 0 Å². The van der Waals surface area contributed by atoms with Gasteiger partial charge in [-0.1, -0.05) is 13.0 Å². The number of allylic oxidation sites excluding steroid dienone is 2. The fourth-order valence-corrected chi connectivity index (χ4v) is 1.63. The van der Waals surface area contributed by atoms with Gasteiger partial charge in [-0.25, -0.2) is 0 Å². The first-order chi connectivity index (χ1) is 4.21. The smallest absolute Gasteiger partial charge is 0.155 e. The lowest BCUT2D eigenvalue weighted by molar-refractivity contribution is -0.116. The van der Waals surface area contributed by atoms with Gasteiger partial charge in [0, 0.05) is 6.42 Å². The van der Waals surface area contributed by atoms with E-state index >= 15 is 0 Å². The maximum Gasteiger partial charge on any atom is 0.155 e. The lowest BCUT2D eigenvalue weighted by Crippen LogP contribution is -2.08. The molecule has 2 rings (SSSR count). The molecule has 0 aromatic rings. The highest BCUT2D eigenvalue weighted by Crippen LogP contribution is 2.57. The Morgan fingerprint density at radius 2 is 2.56 bits per heavy atom. The van der Waals surface area contributed by atoms with Crippen molar-refractivity contribution in [3.63, 3.8) is 0 Å². The molecule has 1 fully saturated rings. The number of fused-ring (bicyclic) bond motifs is 1. The second-order valence-corrected chi connectivity index (χ2v) is 3.47. The molecule has 0 bridgehead atoms. The first-order valence-corrected chi connectivity index (χ1v) is 3.42. The van der Waals surface area contributed by atoms with Crippen molar-refractivity contribution >= 4 is 5.78 Å². The zero-order chi connectivity index (χ0) is 6.48. The summed E-state index contributed by atoms with van der Waals surface area (Å²) < 4.78 is 0. The molecule has 0 saturated heterocycles. The summed E-state index contributed by atoms with van der Waals surface area (Å²) in [7, 11) is 0. The molecule has 0 spiro atoms. The largest absolute Gasteiger partial charge is 0.295 e. The van der Waals surface area contributed by atoms with Crippen LogP contribution in [0, 0.1) is 11.3 Å². The van der Waals surface area contributed by atoms with Gasteiger partial charge in [0.25, 0.3) is 0 Å². The lowest BCUT2D eigenvalue weighted by Gasteiger charge is -2.09. The molecule has 0 aliphatic heterocycles. The molecule has 9 heavy (non-hydrogen) atoms. The zero-order valence-corrected chi connectivity index (χ0v) is 5.55. The Morgan fingerprint density at radius 3 is 3.11 bits per heavy atom. The monoisotopic (exact) mass is 122 g/mol. The first kappa shape index (κ1) is 5.21. The van der Waals surface area contributed by atoms with Crippen molar-refractivity contribution < 1.29 is 4.79 Å². The summed E-state index contributed by atoms with van der Waals surface area (Å²) in [6, 6.07) is 0. The normalized spacial score (nSPS) is 46.8. The van der Waals surface area contributed by atoms with Crippen molar-refractivity contribution in [2.24, 2.45) is 11.3 Å². The molecule has 0 amide bonds. The van der Waals surface area contributed by atoms with Crippen molar-refractivity contribution in [2.45, 2.75) is 19.8 Å². The quantitative estimate of drug-likeness (QED) is 0.476. The maximum absolute atomic E-state index is 10.8. The molecule has 0 aromatic heterocycles. The number of rotatable bonds is 0. The first-order valence-electron chi connectivity index (χ1n) is 3.42. The van der Waals surface area contributed by atoms with Crippen LogP contribution in [0.4, 0.5) is 0 Å². The minimum Gasteiger partial charge on any atom is -0.295 e. The lowest BCUT2D eigenvalue weighted by atomic mass is 9.94. The van der Waals surface area contributed by atoms with E-state index in [-0.39, 0.29) is 0 Å². The SMILES string of the molecule is C[C@]12CC(=O)C=C[C@H]1C2. The van der Waals surface area contributed by atoms with E-state index in [1.807, 2.05) is 0 Å². The standard InChI is InChI=1S/C8H10O/c1-8-4-6(8)2-3-7(9)5-8/h2-3,6H,4-5H2,1H3/t6-,8-/m0/s1. The summed E-state index contributed by atoms with van der Waals surface area (Å²) in [6.45, 7) is 2.19. The van der Waals surface area contributed by atoms with E-state index in [0.29, 0.717) is 11.2 Å². The third-order valence-electron chi connectivity index (χ3n) is 2.51. The minimum absolute atomic E-state index is 0.311. The van der Waals surface area contributed by atoms with Crippen molar-refractivity contribution in [3.8, 4) is 0 Å². The average molecular weight is 122 g/mol. The summed E-state index contributed by atoms with van der Waals surface area (Å²) in [5.74, 6) is 1.04. The third kappa shape index (κ3) is 0.640. The molecule has 2 aliphatic rings. The Morgan fingerprint density at radius 1 is 1.78 bits per heavy atom. The number of hydrogen-bond donors (Lipinski definition) is 0. The van der Waals surface area contributed by atoms with Crippen LogP contribution in [0.3, 0.4) is 0 Å². The van der Waals surface area contributed by atoms with Gasteiger partial charge in [0.1, 0.15) is 0 Å². The summed E-state index contributed by atoms with van der Waals surface area (Å²) in [5.41, 5.74) is 0.381. The second kappa shape index (κ2) is 1.28. The van der Waals surface area contributed by atoms with Crippen LogP contribution in [-0.4, -0.2) is 5.78 Å². The van der Waals surface area contributed by atoms with E-state index in [2.05, 4.69) is 13.0 Å². The Kier molecular flexibility index (Phi) is 0.743. The minimum atomic E-state index is 0.311. The van der Waals surface area contributed by atoms with Gasteiger partial charge in [-0.05, 0) is 23.8 Å². The van der Waals surface area contributed by atoms with Crippen LogP contribution in [0.25, 0.3) is 0 Å². The molecular weight excluding hydrogens is 112 g/mol. The number of carbonyl (C=O) groups is 1. The van der Waals surface area contributed by atoms with Crippen LogP contribution in [0.15, 0.2) is 12.2 Å². The van der Waals surface area contributed by atoms with E-state index in [1.54, 1.807) is 6.08 Å². The molecule has 0 radical (unpaired) electrons. The highest BCUT2D eigenvalue weighted by atomic mass is 16.1. The topological polar surface area (TPSA) is 17.1 Å². The maximum atomic E-state index is 10.8. The Bertz CT molecular complexity index is 193. The molecule has 48 valence electrons. The van der Waals surface area contributed by atoms with Gasteiger partial charge in [-0.15, -0.1) is 0 Å². The van der Waals surface area contributed by atoms with Crippen molar-refractivity contribution in [1.29, 1.82) is 0 Å². The van der Waals surface area contributed by atoms with E-state index in [0.717, 1.165) is 12.3 Å². The van der Waals surface area contributed by atoms with Gasteiger partial charge in [-0.3, -0.25) is 4.79 Å². The van der Waals surface area contributed by atoms with Gasteiger partial charge in [0.05, 0.1) is 0 Å². The summed E-state index contributed by atoms with van der Waals surface area (Å²) in [6.07, 6.45) is 5.81. The Labute approximate surface area is 54.8 Å². The van der Waals surface area contributed by atoms with Crippen LogP contribution < -0.4 is 0 Å². The van der Waals surface area contributed by atoms with E-state index < -0.39 is 0 Å². The summed E-state index contributed by atoms with van der Waals surface area (Å²) in [4.78, 5) is 10.8. The molecule has 1 heteroatoms. The summed E-state index contributed by atoms with van der Waals surface area (Å²) in [5, 5.41) is 0. The van der Waals surface area contributed by atoms with Gasteiger partial charge < -0.3 is 0 Å². The predicted octanol–water partition coefficient (Wildman–Crippen LogP) is 1.54. The molecule has 2 aliphatic carbocycles. The number of hydrogen-bond acceptors (Lipinski definition) is 1. The van der Waals surface area contributed by atoms with Gasteiger partial charge in [-0.2, -0.15) is 0 Å². The van der Waals surface area contributed by atoms with Crippen LogP contribution in [-0.2, 0) is 4.79 Å². The number of carbonyl (C=O) groups excluding carboxylic acids is 1. The Hall–Kier alpha value is -0.590. The number of ketones is 1. The fraction of sp³-hybridized carbons (Fsp3) is 0.625. The molecule has 0 N–H and O–H groups in total. The Balaban J connectivity index is 2.27. The van der Waals surface area contributed by atoms with E-state index in [9.17, 15) is 4.79 Å². The van der Waals surface area contributed by atoms with Gasteiger partial charge >= 0.3 is 0 Å². The molecule has 1 nitrogen and oxygen atoms in total. The summed E-state index contributed by atoms with van der Waals surface area (Å²) >= 11 is 0. The predicted molar refractivity (Wildman–Crippen MR) is 35.0 cm³/mol. The van der Waals surface area contributed by atoms with Gasteiger partial charge in [0.2, 0.25) is 0 Å². The van der Waals surface area contributed by atoms with E-state index in [4.69, 9.17) is 0 Å².